The number of rotatable bonds is 9. The van der Waals surface area contributed by atoms with Crippen LogP contribution in [0.1, 0.15) is 154 Å². The third kappa shape index (κ3) is 23.3. The van der Waals surface area contributed by atoms with Gasteiger partial charge >= 0.3 is 11.9 Å². The molecular weight excluding hydrogens is 845 g/mol. The van der Waals surface area contributed by atoms with Crippen LogP contribution in [-0.4, -0.2) is 99.9 Å². The fourth-order valence-electron chi connectivity index (χ4n) is 8.35. The first-order valence-electron chi connectivity index (χ1n) is 24.1. The molecule has 4 fully saturated rings. The van der Waals surface area contributed by atoms with E-state index in [-0.39, 0.29) is 28.1 Å². The van der Waals surface area contributed by atoms with Gasteiger partial charge in [-0.1, -0.05) is 141 Å². The van der Waals surface area contributed by atoms with E-state index in [0.29, 0.717) is 35.5 Å². The van der Waals surface area contributed by atoms with Crippen LogP contribution in [0.4, 0.5) is 0 Å². The minimum atomic E-state index is -0.671. The molecule has 4 aromatic carbocycles. The van der Waals surface area contributed by atoms with Crippen LogP contribution in [0.5, 0.6) is 0 Å². The Morgan fingerprint density at radius 3 is 1.19 bits per heavy atom. The van der Waals surface area contributed by atoms with Crippen molar-refractivity contribution in [2.24, 2.45) is 17.8 Å². The predicted molar refractivity (Wildman–Crippen MR) is 276 cm³/mol. The van der Waals surface area contributed by atoms with Crippen LogP contribution in [0.2, 0.25) is 0 Å². The van der Waals surface area contributed by atoms with Crippen molar-refractivity contribution in [3.05, 3.63) is 96.1 Å². The molecule has 0 spiro atoms. The van der Waals surface area contributed by atoms with Gasteiger partial charge in [-0.15, -0.1) is 0 Å². The lowest BCUT2D eigenvalue weighted by atomic mass is 9.88. The zero-order valence-corrected chi connectivity index (χ0v) is 41.0. The van der Waals surface area contributed by atoms with Gasteiger partial charge in [-0.05, 0) is 117 Å². The standard InChI is InChI=1S/C18H16O3.C10H12O3.3C8H16O.C3H6O.2CH4/c1-12(19)11-21-18(20)17-15-8-4-2-6-13(15)10-14-7-3-5-9-16(14)17;1-8(11)7-13-10(12)9-5-3-2-4-6-9;3*1-7-5-3-4-6-8(7)9-2;1-3-2-4-3;;/h2-10,12,19H,11H2,1H3;2-6,8,11H,7H2,1H3;3*7-8H,3-6H2,1-2H3;3H,2H2,1H3;2*1H4. The topological polar surface area (TPSA) is 133 Å². The van der Waals surface area contributed by atoms with Gasteiger partial charge in [-0.3, -0.25) is 0 Å². The Balaban J connectivity index is 0.000000425. The Hall–Kier alpha value is -3.90. The smallest absolute Gasteiger partial charge is 0.339 e. The SMILES string of the molecule is C.C.CC(O)COC(=O)c1c2ccccc2cc2ccccc12.CC(O)COC(=O)c1ccccc1.CC1CO1.COC1CCCCC1C.COC1CCCCC1C.COC1CCCCC1C. The van der Waals surface area contributed by atoms with E-state index in [9.17, 15) is 14.7 Å². The van der Waals surface area contributed by atoms with E-state index in [1.54, 1.807) is 38.1 Å². The van der Waals surface area contributed by atoms with Crippen molar-refractivity contribution in [1.82, 2.24) is 0 Å². The number of hydrogen-bond donors (Lipinski definition) is 2. The zero-order valence-electron chi connectivity index (χ0n) is 41.0. The molecule has 3 aliphatic carbocycles. The summed E-state index contributed by atoms with van der Waals surface area (Å²) in [6, 6.07) is 26.3. The number of benzene rings is 4. The maximum Gasteiger partial charge on any atom is 0.339 e. The normalized spacial score (nSPS) is 23.4. The molecule has 4 aliphatic rings. The lowest BCUT2D eigenvalue weighted by Crippen LogP contribution is -2.23. The third-order valence-electron chi connectivity index (χ3n) is 12.4. The van der Waals surface area contributed by atoms with Crippen molar-refractivity contribution in [1.29, 1.82) is 0 Å². The van der Waals surface area contributed by atoms with Gasteiger partial charge in [0.15, 0.2) is 0 Å². The fourth-order valence-corrected chi connectivity index (χ4v) is 8.35. The molecular formula is C57H90O10. The molecule has 8 rings (SSSR count). The molecule has 0 bridgehead atoms. The molecule has 0 aromatic heterocycles. The summed E-state index contributed by atoms with van der Waals surface area (Å²) in [7, 11) is 5.48. The van der Waals surface area contributed by atoms with Gasteiger partial charge in [0.05, 0.1) is 54.4 Å². The maximum atomic E-state index is 12.4. The van der Waals surface area contributed by atoms with Crippen LogP contribution in [-0.2, 0) is 28.4 Å². The highest BCUT2D eigenvalue weighted by Crippen LogP contribution is 2.30. The molecule has 9 unspecified atom stereocenters. The molecule has 10 heteroatoms. The van der Waals surface area contributed by atoms with Gasteiger partial charge in [0.2, 0.25) is 0 Å². The van der Waals surface area contributed by atoms with E-state index < -0.39 is 24.1 Å². The first kappa shape index (κ1) is 61.1. The second-order valence-electron chi connectivity index (χ2n) is 18.2. The average molecular weight is 935 g/mol. The fraction of sp³-hybridized carbons (Fsp3) is 0.614. The monoisotopic (exact) mass is 935 g/mol. The number of hydrogen-bond acceptors (Lipinski definition) is 10. The van der Waals surface area contributed by atoms with E-state index in [4.69, 9.17) is 33.5 Å². The van der Waals surface area contributed by atoms with E-state index in [2.05, 4.69) is 33.8 Å². The summed E-state index contributed by atoms with van der Waals surface area (Å²) in [5, 5.41) is 21.9. The van der Waals surface area contributed by atoms with Crippen molar-refractivity contribution in [2.75, 3.05) is 41.2 Å². The number of epoxide rings is 1. The molecule has 1 aliphatic heterocycles. The molecule has 378 valence electrons. The molecule has 3 saturated carbocycles. The zero-order chi connectivity index (χ0) is 47.6. The minimum absolute atomic E-state index is 0. The summed E-state index contributed by atoms with van der Waals surface area (Å²) in [4.78, 5) is 23.7. The van der Waals surface area contributed by atoms with Crippen molar-refractivity contribution < 1.29 is 48.2 Å². The Morgan fingerprint density at radius 2 is 0.881 bits per heavy atom. The molecule has 67 heavy (non-hydrogen) atoms. The first-order valence-corrected chi connectivity index (χ1v) is 24.1. The van der Waals surface area contributed by atoms with Gasteiger partial charge in [-0.25, -0.2) is 9.59 Å². The number of esters is 2. The van der Waals surface area contributed by atoms with Crippen molar-refractivity contribution in [3.8, 4) is 0 Å². The highest BCUT2D eigenvalue weighted by atomic mass is 16.6. The molecule has 0 amide bonds. The van der Waals surface area contributed by atoms with E-state index in [1.165, 1.54) is 77.0 Å². The quantitative estimate of drug-likeness (QED) is 0.0949. The summed E-state index contributed by atoms with van der Waals surface area (Å²) in [5.41, 5.74) is 1.06. The second kappa shape index (κ2) is 34.4. The molecule has 0 radical (unpaired) electrons. The highest BCUT2D eigenvalue weighted by molar-refractivity contribution is 6.16. The number of carbonyl (C=O) groups excluding carboxylic acids is 2. The van der Waals surface area contributed by atoms with Gasteiger partial charge in [0, 0.05) is 21.3 Å². The van der Waals surface area contributed by atoms with Crippen LogP contribution in [0.3, 0.4) is 0 Å². The molecule has 10 nitrogen and oxygen atoms in total. The predicted octanol–water partition coefficient (Wildman–Crippen LogP) is 13.1. The summed E-state index contributed by atoms with van der Waals surface area (Å²) in [6.45, 7) is 13.1. The molecule has 1 saturated heterocycles. The van der Waals surface area contributed by atoms with Crippen molar-refractivity contribution in [3.63, 3.8) is 0 Å². The van der Waals surface area contributed by atoms with E-state index >= 15 is 0 Å². The molecule has 4 aromatic rings. The van der Waals surface area contributed by atoms with Gasteiger partial charge < -0.3 is 38.6 Å². The highest BCUT2D eigenvalue weighted by Gasteiger charge is 2.22. The Labute approximate surface area is 405 Å². The average Bonchev–Trinajstić information content (AvgIpc) is 4.12. The molecule has 9 atom stereocenters. The summed E-state index contributed by atoms with van der Waals surface area (Å²) >= 11 is 0. The number of ether oxygens (including phenoxy) is 6. The van der Waals surface area contributed by atoms with Crippen LogP contribution in [0, 0.1) is 17.8 Å². The van der Waals surface area contributed by atoms with Gasteiger partial charge in [-0.2, -0.15) is 0 Å². The molecule has 2 N–H and O–H groups in total. The third-order valence-corrected chi connectivity index (χ3v) is 12.4. The first-order chi connectivity index (χ1) is 31.3. The van der Waals surface area contributed by atoms with Crippen LogP contribution < -0.4 is 0 Å². The number of aliphatic hydroxyl groups excluding tert-OH is 2. The number of methoxy groups -OCH3 is 3. The van der Waals surface area contributed by atoms with Crippen LogP contribution in [0.15, 0.2) is 84.9 Å². The van der Waals surface area contributed by atoms with E-state index in [1.807, 2.05) is 75.9 Å². The lowest BCUT2D eigenvalue weighted by molar-refractivity contribution is 0.0294. The van der Waals surface area contributed by atoms with Crippen LogP contribution >= 0.6 is 0 Å². The summed E-state index contributed by atoms with van der Waals surface area (Å²) in [5.74, 6) is 1.58. The van der Waals surface area contributed by atoms with E-state index in [0.717, 1.165) is 45.9 Å². The number of fused-ring (bicyclic) bond motifs is 2. The Morgan fingerprint density at radius 1 is 0.552 bits per heavy atom. The van der Waals surface area contributed by atoms with Crippen molar-refractivity contribution in [2.45, 2.75) is 170 Å². The Kier molecular flexibility index (Phi) is 31.4. The largest absolute Gasteiger partial charge is 0.459 e. The number of aliphatic hydroxyl groups is 2. The minimum Gasteiger partial charge on any atom is -0.459 e. The summed E-state index contributed by atoms with van der Waals surface area (Å²) in [6.07, 6.45) is 17.2. The number of carbonyl (C=O) groups is 2. The Bertz CT molecular complexity index is 1790. The summed E-state index contributed by atoms with van der Waals surface area (Å²) < 4.78 is 30.6. The second-order valence-corrected chi connectivity index (χ2v) is 18.2. The molecule has 1 heterocycles. The lowest BCUT2D eigenvalue weighted by Gasteiger charge is -2.26. The van der Waals surface area contributed by atoms with Gasteiger partial charge in [0.25, 0.3) is 0 Å². The van der Waals surface area contributed by atoms with Crippen molar-refractivity contribution >= 4 is 33.5 Å². The maximum absolute atomic E-state index is 12.4. The van der Waals surface area contributed by atoms with Gasteiger partial charge in [0.1, 0.15) is 13.2 Å². The van der Waals surface area contributed by atoms with Crippen LogP contribution in [0.25, 0.3) is 21.5 Å².